The van der Waals surface area contributed by atoms with Crippen molar-refractivity contribution in [3.63, 3.8) is 0 Å². The minimum Gasteiger partial charge on any atom is -0.357 e. The average molecular weight is 295 g/mol. The summed E-state index contributed by atoms with van der Waals surface area (Å²) >= 11 is 11.8. The summed E-state index contributed by atoms with van der Waals surface area (Å²) in [5.74, 6) is 0.600. The van der Waals surface area contributed by atoms with Crippen molar-refractivity contribution < 1.29 is 0 Å². The number of anilines is 3. The van der Waals surface area contributed by atoms with Gasteiger partial charge in [0.25, 0.3) is 0 Å². The highest BCUT2D eigenvalue weighted by Crippen LogP contribution is 2.25. The van der Waals surface area contributed by atoms with Crippen LogP contribution >= 0.6 is 23.2 Å². The standard InChI is InChI=1S/C11H8Cl2N6/c1-15-10-17-9(13)18-11(19-10)16-8-3-2-6(5-14)4-7(8)12/h2-4H,1H3,(H2,15,16,17,18,19). The highest BCUT2D eigenvalue weighted by molar-refractivity contribution is 6.33. The molecule has 1 aromatic carbocycles. The van der Waals surface area contributed by atoms with Gasteiger partial charge in [-0.25, -0.2) is 0 Å². The van der Waals surface area contributed by atoms with Crippen LogP contribution in [0.3, 0.4) is 0 Å². The van der Waals surface area contributed by atoms with Crippen LogP contribution in [0.25, 0.3) is 0 Å². The quantitative estimate of drug-likeness (QED) is 0.905. The molecule has 2 rings (SSSR count). The van der Waals surface area contributed by atoms with Gasteiger partial charge in [-0.15, -0.1) is 0 Å². The van der Waals surface area contributed by atoms with Gasteiger partial charge in [0.05, 0.1) is 22.3 Å². The first-order valence-corrected chi connectivity index (χ1v) is 5.94. The van der Waals surface area contributed by atoms with E-state index in [0.29, 0.717) is 22.2 Å². The Kier molecular flexibility index (Phi) is 4.00. The van der Waals surface area contributed by atoms with Crippen LogP contribution in [0.5, 0.6) is 0 Å². The lowest BCUT2D eigenvalue weighted by Gasteiger charge is -2.08. The summed E-state index contributed by atoms with van der Waals surface area (Å²) in [7, 11) is 1.67. The van der Waals surface area contributed by atoms with Crippen LogP contribution < -0.4 is 10.6 Å². The van der Waals surface area contributed by atoms with E-state index in [1.54, 1.807) is 25.2 Å². The highest BCUT2D eigenvalue weighted by atomic mass is 35.5. The van der Waals surface area contributed by atoms with Gasteiger partial charge in [0.2, 0.25) is 17.2 Å². The number of aromatic nitrogens is 3. The van der Waals surface area contributed by atoms with E-state index in [4.69, 9.17) is 28.5 Å². The van der Waals surface area contributed by atoms with Gasteiger partial charge >= 0.3 is 0 Å². The molecular formula is C11H8Cl2N6. The lowest BCUT2D eigenvalue weighted by Crippen LogP contribution is -2.04. The Morgan fingerprint density at radius 1 is 1.16 bits per heavy atom. The van der Waals surface area contributed by atoms with Crippen LogP contribution in [0.15, 0.2) is 18.2 Å². The third kappa shape index (κ3) is 3.22. The molecule has 0 amide bonds. The van der Waals surface area contributed by atoms with Crippen LogP contribution in [0.1, 0.15) is 5.56 Å². The molecule has 0 fully saturated rings. The minimum absolute atomic E-state index is 0.0617. The summed E-state index contributed by atoms with van der Waals surface area (Å²) in [6.45, 7) is 0. The Labute approximate surface area is 119 Å². The van der Waals surface area contributed by atoms with Crippen molar-refractivity contribution in [1.82, 2.24) is 15.0 Å². The van der Waals surface area contributed by atoms with E-state index >= 15 is 0 Å². The van der Waals surface area contributed by atoms with Gasteiger partial charge in [-0.3, -0.25) is 0 Å². The molecule has 0 atom stereocenters. The Morgan fingerprint density at radius 3 is 2.53 bits per heavy atom. The third-order valence-corrected chi connectivity index (χ3v) is 2.66. The maximum absolute atomic E-state index is 8.76. The van der Waals surface area contributed by atoms with Crippen LogP contribution in [-0.2, 0) is 0 Å². The second-order valence-electron chi connectivity index (χ2n) is 3.43. The molecule has 0 saturated carbocycles. The molecule has 96 valence electrons. The highest BCUT2D eigenvalue weighted by Gasteiger charge is 2.07. The number of hydrogen-bond donors (Lipinski definition) is 2. The van der Waals surface area contributed by atoms with Gasteiger partial charge in [0.15, 0.2) is 0 Å². The number of nitriles is 1. The van der Waals surface area contributed by atoms with E-state index in [1.807, 2.05) is 6.07 Å². The molecule has 0 saturated heterocycles. The van der Waals surface area contributed by atoms with Crippen LogP contribution in [0, 0.1) is 11.3 Å². The van der Waals surface area contributed by atoms with Gasteiger partial charge in [0.1, 0.15) is 0 Å². The molecule has 0 aliphatic rings. The zero-order chi connectivity index (χ0) is 13.8. The predicted molar refractivity (Wildman–Crippen MR) is 73.8 cm³/mol. The zero-order valence-electron chi connectivity index (χ0n) is 9.78. The molecule has 1 heterocycles. The van der Waals surface area contributed by atoms with Crippen LogP contribution in [0.2, 0.25) is 10.3 Å². The normalized spacial score (nSPS) is 9.79. The first-order valence-electron chi connectivity index (χ1n) is 5.18. The van der Waals surface area contributed by atoms with Crippen molar-refractivity contribution in [3.8, 4) is 6.07 Å². The lowest BCUT2D eigenvalue weighted by molar-refractivity contribution is 1.05. The van der Waals surface area contributed by atoms with E-state index in [2.05, 4.69) is 25.6 Å². The number of hydrogen-bond acceptors (Lipinski definition) is 6. The molecular weight excluding hydrogens is 287 g/mol. The minimum atomic E-state index is 0.0617. The molecule has 2 aromatic rings. The van der Waals surface area contributed by atoms with Gasteiger partial charge in [0, 0.05) is 7.05 Å². The van der Waals surface area contributed by atoms with Crippen molar-refractivity contribution >= 4 is 40.8 Å². The number of rotatable bonds is 3. The fraction of sp³-hybridized carbons (Fsp3) is 0.0909. The van der Waals surface area contributed by atoms with E-state index in [1.165, 1.54) is 0 Å². The summed E-state index contributed by atoms with van der Waals surface area (Å²) in [4.78, 5) is 11.9. The summed E-state index contributed by atoms with van der Waals surface area (Å²) < 4.78 is 0. The van der Waals surface area contributed by atoms with Crippen molar-refractivity contribution in [1.29, 1.82) is 5.26 Å². The molecule has 0 bridgehead atoms. The Balaban J connectivity index is 2.31. The number of nitrogens with zero attached hydrogens (tertiary/aromatic N) is 4. The van der Waals surface area contributed by atoms with Gasteiger partial charge < -0.3 is 10.6 Å². The molecule has 0 unspecified atom stereocenters. The molecule has 0 spiro atoms. The second-order valence-corrected chi connectivity index (χ2v) is 4.18. The monoisotopic (exact) mass is 294 g/mol. The first kappa shape index (κ1) is 13.3. The van der Waals surface area contributed by atoms with Crippen molar-refractivity contribution in [3.05, 3.63) is 34.1 Å². The van der Waals surface area contributed by atoms with E-state index < -0.39 is 0 Å². The average Bonchev–Trinajstić information content (AvgIpc) is 2.40. The fourth-order valence-corrected chi connectivity index (χ4v) is 1.71. The molecule has 0 aliphatic heterocycles. The number of nitrogens with one attached hydrogen (secondary N) is 2. The summed E-state index contributed by atoms with van der Waals surface area (Å²) in [6, 6.07) is 6.85. The number of halogens is 2. The first-order chi connectivity index (χ1) is 9.12. The lowest BCUT2D eigenvalue weighted by atomic mass is 10.2. The molecule has 6 nitrogen and oxygen atoms in total. The largest absolute Gasteiger partial charge is 0.357 e. The molecule has 1 aromatic heterocycles. The molecule has 8 heteroatoms. The van der Waals surface area contributed by atoms with Crippen LogP contribution in [-0.4, -0.2) is 22.0 Å². The summed E-state index contributed by atoms with van der Waals surface area (Å²) in [6.07, 6.45) is 0. The van der Waals surface area contributed by atoms with Gasteiger partial charge in [-0.05, 0) is 29.8 Å². The smallest absolute Gasteiger partial charge is 0.233 e. The van der Waals surface area contributed by atoms with Crippen molar-refractivity contribution in [2.45, 2.75) is 0 Å². The second kappa shape index (κ2) is 5.69. The van der Waals surface area contributed by atoms with Crippen molar-refractivity contribution in [2.75, 3.05) is 17.7 Å². The Morgan fingerprint density at radius 2 is 1.89 bits per heavy atom. The SMILES string of the molecule is CNc1nc(Cl)nc(Nc2ccc(C#N)cc2Cl)n1. The number of benzene rings is 1. The van der Waals surface area contributed by atoms with E-state index in [9.17, 15) is 0 Å². The van der Waals surface area contributed by atoms with Crippen molar-refractivity contribution in [2.24, 2.45) is 0 Å². The van der Waals surface area contributed by atoms with Gasteiger partial charge in [-0.2, -0.15) is 20.2 Å². The third-order valence-electron chi connectivity index (χ3n) is 2.18. The molecule has 0 aliphatic carbocycles. The topological polar surface area (TPSA) is 86.5 Å². The van der Waals surface area contributed by atoms with Gasteiger partial charge in [-0.1, -0.05) is 11.6 Å². The summed E-state index contributed by atoms with van der Waals surface area (Å²) in [5, 5.41) is 14.9. The van der Waals surface area contributed by atoms with E-state index in [0.717, 1.165) is 0 Å². The van der Waals surface area contributed by atoms with E-state index in [-0.39, 0.29) is 11.2 Å². The fourth-order valence-electron chi connectivity index (χ4n) is 1.32. The van der Waals surface area contributed by atoms with Crippen LogP contribution in [0.4, 0.5) is 17.6 Å². The molecule has 0 radical (unpaired) electrons. The Hall–Kier alpha value is -2.10. The zero-order valence-corrected chi connectivity index (χ0v) is 11.3. The predicted octanol–water partition coefficient (Wildman–Crippen LogP) is 2.84. The molecule has 2 N–H and O–H groups in total. The maximum atomic E-state index is 8.76. The maximum Gasteiger partial charge on any atom is 0.233 e. The Bertz CT molecular complexity index is 652. The molecule has 19 heavy (non-hydrogen) atoms. The summed E-state index contributed by atoms with van der Waals surface area (Å²) in [5.41, 5.74) is 1.05.